The van der Waals surface area contributed by atoms with Crippen LogP contribution in [0.15, 0.2) is 104 Å². The standard InChI is InChI=1S/C33H31N5O4/c1-2-31(39)35-21-23-9-11-25(12-10-23)32(40)36-27-17-24-18-28(20-27)37-33-34-14-13-30(38-33)26-7-6-8-29(19-26)42-16-5-3-4-15-41-22-24/h2-4,6-14,17-20H,1,5,15-16,21-22H2,(H,35,39)(H,36,40)(H,34,37,38)/b4-3+. The summed E-state index contributed by atoms with van der Waals surface area (Å²) in [4.78, 5) is 33.6. The molecule has 0 spiro atoms. The van der Waals surface area contributed by atoms with Gasteiger partial charge in [0.05, 0.1) is 25.5 Å². The zero-order chi connectivity index (χ0) is 29.1. The number of rotatable bonds is 5. The van der Waals surface area contributed by atoms with Crippen LogP contribution < -0.4 is 20.7 Å². The molecule has 2 amide bonds. The highest BCUT2D eigenvalue weighted by molar-refractivity contribution is 6.04. The summed E-state index contributed by atoms with van der Waals surface area (Å²) >= 11 is 0. The lowest BCUT2D eigenvalue weighted by Gasteiger charge is -2.13. The van der Waals surface area contributed by atoms with Crippen LogP contribution in [0.4, 0.5) is 17.3 Å². The Morgan fingerprint density at radius 1 is 1.02 bits per heavy atom. The maximum atomic E-state index is 13.1. The van der Waals surface area contributed by atoms with Crippen LogP contribution in [0.1, 0.15) is 27.9 Å². The van der Waals surface area contributed by atoms with E-state index in [1.165, 1.54) is 6.08 Å². The summed E-state index contributed by atoms with van der Waals surface area (Å²) in [5.41, 5.74) is 5.18. The normalized spacial score (nSPS) is 13.7. The Morgan fingerprint density at radius 2 is 1.90 bits per heavy atom. The maximum absolute atomic E-state index is 13.1. The summed E-state index contributed by atoms with van der Waals surface area (Å²) in [5, 5.41) is 8.97. The third kappa shape index (κ3) is 7.89. The van der Waals surface area contributed by atoms with Gasteiger partial charge in [0.1, 0.15) is 5.75 Å². The molecule has 3 N–H and O–H groups in total. The number of amides is 2. The molecule has 0 saturated carbocycles. The molecule has 0 aliphatic carbocycles. The lowest BCUT2D eigenvalue weighted by molar-refractivity contribution is -0.116. The summed E-state index contributed by atoms with van der Waals surface area (Å²) in [7, 11) is 0. The number of nitrogens with one attached hydrogen (secondary N) is 3. The van der Waals surface area contributed by atoms with Crippen LogP contribution in [0.3, 0.4) is 0 Å². The van der Waals surface area contributed by atoms with Crippen molar-refractivity contribution in [2.45, 2.75) is 19.6 Å². The summed E-state index contributed by atoms with van der Waals surface area (Å²) in [6.07, 6.45) is 7.68. The average molecular weight is 562 g/mol. The van der Waals surface area contributed by atoms with Crippen molar-refractivity contribution in [2.75, 3.05) is 23.8 Å². The molecule has 0 fully saturated rings. The highest BCUT2D eigenvalue weighted by atomic mass is 16.5. The van der Waals surface area contributed by atoms with Gasteiger partial charge in [-0.25, -0.2) is 9.97 Å². The first kappa shape index (κ1) is 28.3. The first-order valence-electron chi connectivity index (χ1n) is 13.6. The molecule has 1 aliphatic heterocycles. The number of nitrogens with zero attached hydrogens (tertiary/aromatic N) is 2. The van der Waals surface area contributed by atoms with Crippen molar-refractivity contribution in [3.63, 3.8) is 0 Å². The van der Waals surface area contributed by atoms with E-state index in [9.17, 15) is 9.59 Å². The van der Waals surface area contributed by atoms with Crippen molar-refractivity contribution in [3.05, 3.63) is 120 Å². The Bertz CT molecular complexity index is 1600. The smallest absolute Gasteiger partial charge is 0.255 e. The SMILES string of the molecule is C=CC(=O)NCc1ccc(C(=O)Nc2cc3cc(c2)Nc2nccc(n2)-c2cccc(c2)OCC/C=C/COC3)cc1. The van der Waals surface area contributed by atoms with E-state index in [-0.39, 0.29) is 11.8 Å². The molecule has 3 aromatic carbocycles. The monoisotopic (exact) mass is 561 g/mol. The largest absolute Gasteiger partial charge is 0.493 e. The number of hydrogen-bond acceptors (Lipinski definition) is 7. The number of anilines is 3. The quantitative estimate of drug-likeness (QED) is 0.209. The van der Waals surface area contributed by atoms with Gasteiger partial charge in [-0.05, 0) is 72.2 Å². The topological polar surface area (TPSA) is 114 Å². The zero-order valence-electron chi connectivity index (χ0n) is 23.0. The molecule has 6 bridgehead atoms. The molecular weight excluding hydrogens is 530 g/mol. The van der Waals surface area contributed by atoms with E-state index in [0.29, 0.717) is 49.3 Å². The van der Waals surface area contributed by atoms with E-state index in [0.717, 1.165) is 34.6 Å². The Balaban J connectivity index is 1.37. The second-order valence-corrected chi connectivity index (χ2v) is 9.53. The first-order valence-corrected chi connectivity index (χ1v) is 13.6. The highest BCUT2D eigenvalue weighted by Gasteiger charge is 2.11. The van der Waals surface area contributed by atoms with Crippen molar-refractivity contribution in [2.24, 2.45) is 0 Å². The predicted octanol–water partition coefficient (Wildman–Crippen LogP) is 5.80. The molecular formula is C33H31N5O4. The summed E-state index contributed by atoms with van der Waals surface area (Å²) in [6.45, 7) is 5.13. The van der Waals surface area contributed by atoms with Crippen LogP contribution in [0, 0.1) is 0 Å². The van der Waals surface area contributed by atoms with Gasteiger partial charge < -0.3 is 25.4 Å². The van der Waals surface area contributed by atoms with Crippen LogP contribution in [0.25, 0.3) is 11.3 Å². The summed E-state index contributed by atoms with van der Waals surface area (Å²) in [6, 6.07) is 22.3. The Hall–Kier alpha value is -5.28. The van der Waals surface area contributed by atoms with Gasteiger partial charge in [0.25, 0.3) is 5.91 Å². The molecule has 1 aromatic heterocycles. The van der Waals surface area contributed by atoms with Crippen LogP contribution >= 0.6 is 0 Å². The Labute approximate surface area is 244 Å². The first-order chi connectivity index (χ1) is 20.6. The molecule has 0 saturated heterocycles. The fraction of sp³-hybridized carbons (Fsp3) is 0.152. The van der Waals surface area contributed by atoms with Gasteiger partial charge in [0, 0.05) is 35.2 Å². The Kier molecular flexibility index (Phi) is 9.33. The number of benzene rings is 3. The average Bonchev–Trinajstić information content (AvgIpc) is 3.01. The van der Waals surface area contributed by atoms with E-state index < -0.39 is 0 Å². The second-order valence-electron chi connectivity index (χ2n) is 9.53. The number of carbonyl (C=O) groups is 2. The van der Waals surface area contributed by atoms with Crippen molar-refractivity contribution < 1.29 is 19.1 Å². The van der Waals surface area contributed by atoms with Crippen molar-refractivity contribution in [3.8, 4) is 17.0 Å². The minimum Gasteiger partial charge on any atom is -0.493 e. The van der Waals surface area contributed by atoms with E-state index >= 15 is 0 Å². The van der Waals surface area contributed by atoms with E-state index in [2.05, 4.69) is 27.5 Å². The summed E-state index contributed by atoms with van der Waals surface area (Å²) in [5.74, 6) is 0.667. The number of carbonyl (C=O) groups excluding carboxylic acids is 2. The molecule has 212 valence electrons. The molecule has 1 aliphatic rings. The van der Waals surface area contributed by atoms with Gasteiger partial charge in [-0.3, -0.25) is 9.59 Å². The molecule has 4 aromatic rings. The van der Waals surface area contributed by atoms with E-state index in [1.807, 2.05) is 60.7 Å². The maximum Gasteiger partial charge on any atom is 0.255 e. The van der Waals surface area contributed by atoms with Crippen molar-refractivity contribution in [1.29, 1.82) is 0 Å². The van der Waals surface area contributed by atoms with Gasteiger partial charge in [0.15, 0.2) is 0 Å². The Morgan fingerprint density at radius 3 is 2.76 bits per heavy atom. The fourth-order valence-corrected chi connectivity index (χ4v) is 4.29. The number of fused-ring (bicyclic) bond motifs is 7. The molecule has 42 heavy (non-hydrogen) atoms. The minimum absolute atomic E-state index is 0.254. The van der Waals surface area contributed by atoms with Gasteiger partial charge >= 0.3 is 0 Å². The van der Waals surface area contributed by atoms with Crippen LogP contribution in [-0.2, 0) is 22.7 Å². The molecule has 0 unspecified atom stereocenters. The number of hydrogen-bond donors (Lipinski definition) is 3. The summed E-state index contributed by atoms with van der Waals surface area (Å²) < 4.78 is 11.8. The number of ether oxygens (including phenoxy) is 2. The lowest BCUT2D eigenvalue weighted by Crippen LogP contribution is -2.20. The van der Waals surface area contributed by atoms with Crippen LogP contribution in [0.5, 0.6) is 5.75 Å². The second kappa shape index (κ2) is 13.9. The molecule has 5 rings (SSSR count). The van der Waals surface area contributed by atoms with Crippen LogP contribution in [-0.4, -0.2) is 35.0 Å². The molecule has 0 radical (unpaired) electrons. The molecule has 0 atom stereocenters. The van der Waals surface area contributed by atoms with E-state index in [1.54, 1.807) is 30.5 Å². The molecule has 9 nitrogen and oxygen atoms in total. The highest BCUT2D eigenvalue weighted by Crippen LogP contribution is 2.26. The molecule has 2 heterocycles. The third-order valence-electron chi connectivity index (χ3n) is 6.36. The van der Waals surface area contributed by atoms with Gasteiger partial charge in [0.2, 0.25) is 11.9 Å². The fourth-order valence-electron chi connectivity index (χ4n) is 4.29. The third-order valence-corrected chi connectivity index (χ3v) is 6.36. The van der Waals surface area contributed by atoms with Crippen molar-refractivity contribution >= 4 is 29.1 Å². The predicted molar refractivity (Wildman–Crippen MR) is 163 cm³/mol. The zero-order valence-corrected chi connectivity index (χ0v) is 23.0. The van der Waals surface area contributed by atoms with Gasteiger partial charge in [-0.2, -0.15) is 0 Å². The van der Waals surface area contributed by atoms with Gasteiger partial charge in [-0.1, -0.05) is 43.0 Å². The van der Waals surface area contributed by atoms with Crippen molar-refractivity contribution in [1.82, 2.24) is 15.3 Å². The van der Waals surface area contributed by atoms with E-state index in [4.69, 9.17) is 14.5 Å². The minimum atomic E-state index is -0.265. The number of aromatic nitrogens is 2. The van der Waals surface area contributed by atoms with Gasteiger partial charge in [-0.15, -0.1) is 0 Å². The molecule has 9 heteroatoms. The lowest BCUT2D eigenvalue weighted by atomic mass is 10.1. The van der Waals surface area contributed by atoms with Crippen LogP contribution in [0.2, 0.25) is 0 Å².